The van der Waals surface area contributed by atoms with Crippen LogP contribution in [0, 0.1) is 0 Å². The molecule has 0 aliphatic carbocycles. The molecule has 2 aromatic heterocycles. The zero-order chi connectivity index (χ0) is 11.5. The van der Waals surface area contributed by atoms with E-state index in [1.807, 2.05) is 0 Å². The molecule has 0 saturated heterocycles. The number of ether oxygens (including phenoxy) is 1. The van der Waals surface area contributed by atoms with Crippen LogP contribution < -0.4 is 0 Å². The van der Waals surface area contributed by atoms with E-state index in [-0.39, 0.29) is 0 Å². The third kappa shape index (κ3) is 1.79. The van der Waals surface area contributed by atoms with Crippen molar-refractivity contribution in [2.45, 2.75) is 0 Å². The highest BCUT2D eigenvalue weighted by Crippen LogP contribution is 2.19. The third-order valence-electron chi connectivity index (χ3n) is 2.11. The van der Waals surface area contributed by atoms with Crippen LogP contribution in [0.3, 0.4) is 0 Å². The highest BCUT2D eigenvalue weighted by Gasteiger charge is 2.14. The number of methoxy groups -OCH3 is 1. The molecule has 2 aromatic rings. The Hall–Kier alpha value is -1.81. The van der Waals surface area contributed by atoms with Crippen LogP contribution in [-0.2, 0) is 4.74 Å². The van der Waals surface area contributed by atoms with Crippen molar-refractivity contribution in [3.8, 4) is 5.82 Å². The van der Waals surface area contributed by atoms with Gasteiger partial charge in [0.2, 0.25) is 0 Å². The third-order valence-corrected chi connectivity index (χ3v) is 2.41. The Bertz CT molecular complexity index is 522. The molecule has 0 amide bonds. The van der Waals surface area contributed by atoms with Crippen molar-refractivity contribution in [1.29, 1.82) is 0 Å². The molecule has 0 saturated carbocycles. The first kappa shape index (κ1) is 10.7. The van der Waals surface area contributed by atoms with E-state index in [0.29, 0.717) is 16.5 Å². The molecule has 0 atom stereocenters. The molecule has 5 heteroatoms. The van der Waals surface area contributed by atoms with Gasteiger partial charge >= 0.3 is 5.97 Å². The quantitative estimate of drug-likeness (QED) is 0.752. The number of nitrogens with zero attached hydrogens (tertiary/aromatic N) is 2. The highest BCUT2D eigenvalue weighted by atomic mass is 35.5. The predicted molar refractivity (Wildman–Crippen MR) is 59.9 cm³/mol. The molecule has 0 radical (unpaired) electrons. The van der Waals surface area contributed by atoms with Crippen molar-refractivity contribution in [3.63, 3.8) is 0 Å². The molecule has 0 aliphatic rings. The smallest absolute Gasteiger partial charge is 0.355 e. The Morgan fingerprint density at radius 3 is 2.94 bits per heavy atom. The molecule has 2 rings (SSSR count). The number of hydrogen-bond donors (Lipinski definition) is 0. The van der Waals surface area contributed by atoms with Gasteiger partial charge in [0.05, 0.1) is 12.1 Å². The Morgan fingerprint density at radius 2 is 2.25 bits per heavy atom. The predicted octanol–water partition coefficient (Wildman–Crippen LogP) is 2.31. The largest absolute Gasteiger partial charge is 0.464 e. The monoisotopic (exact) mass is 236 g/mol. The van der Waals surface area contributed by atoms with Crippen LogP contribution in [0.5, 0.6) is 0 Å². The van der Waals surface area contributed by atoms with Crippen molar-refractivity contribution >= 4 is 17.6 Å². The van der Waals surface area contributed by atoms with E-state index in [9.17, 15) is 4.79 Å². The lowest BCUT2D eigenvalue weighted by Crippen LogP contribution is -2.09. The number of carbonyl (C=O) groups is 1. The van der Waals surface area contributed by atoms with Gasteiger partial charge in [-0.1, -0.05) is 11.6 Å². The Morgan fingerprint density at radius 1 is 1.44 bits per heavy atom. The minimum atomic E-state index is -0.424. The number of hydrogen-bond acceptors (Lipinski definition) is 3. The average molecular weight is 237 g/mol. The molecule has 0 bridgehead atoms. The second-order valence-electron chi connectivity index (χ2n) is 3.06. The van der Waals surface area contributed by atoms with Gasteiger partial charge in [0, 0.05) is 12.4 Å². The van der Waals surface area contributed by atoms with Gasteiger partial charge in [0.15, 0.2) is 5.82 Å². The van der Waals surface area contributed by atoms with E-state index in [2.05, 4.69) is 9.72 Å². The van der Waals surface area contributed by atoms with Gasteiger partial charge in [-0.3, -0.25) is 4.57 Å². The molecule has 0 fully saturated rings. The fourth-order valence-electron chi connectivity index (χ4n) is 1.39. The fraction of sp³-hybridized carbons (Fsp3) is 0.0909. The molecule has 0 unspecified atom stereocenters. The number of aromatic nitrogens is 2. The Kier molecular flexibility index (Phi) is 2.92. The van der Waals surface area contributed by atoms with Crippen LogP contribution in [0.15, 0.2) is 36.7 Å². The Balaban J connectivity index is 2.53. The van der Waals surface area contributed by atoms with E-state index in [4.69, 9.17) is 11.6 Å². The van der Waals surface area contributed by atoms with Gasteiger partial charge in [-0.05, 0) is 24.3 Å². The molecule has 2 heterocycles. The highest BCUT2D eigenvalue weighted by molar-refractivity contribution is 6.32. The van der Waals surface area contributed by atoms with E-state index >= 15 is 0 Å². The fourth-order valence-corrected chi connectivity index (χ4v) is 1.60. The minimum Gasteiger partial charge on any atom is -0.464 e. The number of pyridine rings is 1. The summed E-state index contributed by atoms with van der Waals surface area (Å²) in [4.78, 5) is 15.6. The summed E-state index contributed by atoms with van der Waals surface area (Å²) in [6.07, 6.45) is 3.32. The number of esters is 1. The maximum absolute atomic E-state index is 11.5. The summed E-state index contributed by atoms with van der Waals surface area (Å²) in [6, 6.07) is 6.83. The summed E-state index contributed by atoms with van der Waals surface area (Å²) < 4.78 is 6.26. The number of halogens is 1. The molecule has 0 N–H and O–H groups in total. The topological polar surface area (TPSA) is 44.1 Å². The van der Waals surface area contributed by atoms with Crippen molar-refractivity contribution in [2.75, 3.05) is 7.11 Å². The van der Waals surface area contributed by atoms with Crippen LogP contribution in [-0.4, -0.2) is 22.6 Å². The van der Waals surface area contributed by atoms with Crippen molar-refractivity contribution < 1.29 is 9.53 Å². The Labute approximate surface area is 97.4 Å². The summed E-state index contributed by atoms with van der Waals surface area (Å²) in [5, 5.41) is 0.476. The summed E-state index contributed by atoms with van der Waals surface area (Å²) in [5.41, 5.74) is 0.392. The SMILES string of the molecule is COC(=O)c1cccn1-c1ncccc1Cl. The van der Waals surface area contributed by atoms with Gasteiger partial charge in [-0.2, -0.15) is 0 Å². The first-order valence-corrected chi connectivity index (χ1v) is 4.98. The van der Waals surface area contributed by atoms with Crippen LogP contribution in [0.2, 0.25) is 5.02 Å². The van der Waals surface area contributed by atoms with Gasteiger partial charge in [-0.15, -0.1) is 0 Å². The average Bonchev–Trinajstić information content (AvgIpc) is 2.77. The molecule has 82 valence electrons. The molecule has 4 nitrogen and oxygen atoms in total. The summed E-state index contributed by atoms with van der Waals surface area (Å²) >= 11 is 6.00. The molecule has 0 aliphatic heterocycles. The summed E-state index contributed by atoms with van der Waals surface area (Å²) in [5.74, 6) is 0.0845. The minimum absolute atomic E-state index is 0.392. The standard InChI is InChI=1S/C11H9ClN2O2/c1-16-11(15)9-5-3-7-14(9)10-8(12)4-2-6-13-10/h2-7H,1H3. The second-order valence-corrected chi connectivity index (χ2v) is 3.47. The molecule has 0 spiro atoms. The molecule has 0 aromatic carbocycles. The van der Waals surface area contributed by atoms with Crippen LogP contribution >= 0.6 is 11.6 Å². The molecule has 16 heavy (non-hydrogen) atoms. The van der Waals surface area contributed by atoms with Gasteiger partial charge < -0.3 is 4.74 Å². The maximum atomic E-state index is 11.5. The second kappa shape index (κ2) is 4.37. The lowest BCUT2D eigenvalue weighted by Gasteiger charge is -2.07. The zero-order valence-electron chi connectivity index (χ0n) is 8.55. The zero-order valence-corrected chi connectivity index (χ0v) is 9.31. The van der Waals surface area contributed by atoms with Gasteiger partial charge in [0.25, 0.3) is 0 Å². The van der Waals surface area contributed by atoms with Crippen molar-refractivity contribution in [2.24, 2.45) is 0 Å². The lowest BCUT2D eigenvalue weighted by molar-refractivity contribution is 0.0591. The summed E-state index contributed by atoms with van der Waals surface area (Å²) in [7, 11) is 1.33. The van der Waals surface area contributed by atoms with E-state index in [1.165, 1.54) is 7.11 Å². The van der Waals surface area contributed by atoms with Gasteiger partial charge in [0.1, 0.15) is 5.69 Å². The van der Waals surface area contributed by atoms with Crippen LogP contribution in [0.1, 0.15) is 10.5 Å². The van der Waals surface area contributed by atoms with E-state index in [1.54, 1.807) is 41.2 Å². The van der Waals surface area contributed by atoms with E-state index < -0.39 is 5.97 Å². The number of carbonyl (C=O) groups excluding carboxylic acids is 1. The number of rotatable bonds is 2. The summed E-state index contributed by atoms with van der Waals surface area (Å²) in [6.45, 7) is 0. The van der Waals surface area contributed by atoms with Crippen molar-refractivity contribution in [3.05, 3.63) is 47.4 Å². The maximum Gasteiger partial charge on any atom is 0.355 e. The molecular weight excluding hydrogens is 228 g/mol. The molecular formula is C11H9ClN2O2. The first-order chi connectivity index (χ1) is 7.74. The normalized spacial score (nSPS) is 10.1. The van der Waals surface area contributed by atoms with Crippen LogP contribution in [0.4, 0.5) is 0 Å². The van der Waals surface area contributed by atoms with Crippen LogP contribution in [0.25, 0.3) is 5.82 Å². The van der Waals surface area contributed by atoms with E-state index in [0.717, 1.165) is 0 Å². The van der Waals surface area contributed by atoms with Crippen molar-refractivity contribution in [1.82, 2.24) is 9.55 Å². The lowest BCUT2D eigenvalue weighted by atomic mass is 10.4. The first-order valence-electron chi connectivity index (χ1n) is 4.60. The van der Waals surface area contributed by atoms with Gasteiger partial charge in [-0.25, -0.2) is 9.78 Å².